The van der Waals surface area contributed by atoms with Gasteiger partial charge in [-0.15, -0.1) is 0 Å². The molecule has 0 aliphatic carbocycles. The number of amides is 1. The number of fused-ring (bicyclic) bond motifs is 2. The SMILES string of the molecule is Cc1ccc(S(=O)(=O)N(CC(=O)NN=Cc2c3ccccc3cc3ccccc23)c2cc(C)ccc2C)cc1. The minimum atomic E-state index is -4.02. The molecule has 0 atom stereocenters. The first kappa shape index (κ1) is 26.1. The van der Waals surface area contributed by atoms with Crippen molar-refractivity contribution in [2.24, 2.45) is 5.10 Å². The van der Waals surface area contributed by atoms with Crippen LogP contribution in [0.15, 0.2) is 107 Å². The second kappa shape index (κ2) is 10.7. The zero-order valence-corrected chi connectivity index (χ0v) is 22.9. The first-order valence-corrected chi connectivity index (χ1v) is 14.1. The molecule has 0 radical (unpaired) electrons. The molecule has 1 N–H and O–H groups in total. The van der Waals surface area contributed by atoms with Gasteiger partial charge in [0.15, 0.2) is 0 Å². The van der Waals surface area contributed by atoms with Crippen LogP contribution < -0.4 is 9.73 Å². The van der Waals surface area contributed by atoms with E-state index in [9.17, 15) is 13.2 Å². The molecule has 0 unspecified atom stereocenters. The molecule has 0 saturated heterocycles. The zero-order chi connectivity index (χ0) is 27.6. The number of carbonyl (C=O) groups is 1. The molecule has 39 heavy (non-hydrogen) atoms. The van der Waals surface area contributed by atoms with Gasteiger partial charge < -0.3 is 0 Å². The Hall–Kier alpha value is -4.49. The lowest BCUT2D eigenvalue weighted by Crippen LogP contribution is -2.40. The summed E-state index contributed by atoms with van der Waals surface area (Å²) in [6.07, 6.45) is 1.62. The highest BCUT2D eigenvalue weighted by atomic mass is 32.2. The van der Waals surface area contributed by atoms with Crippen LogP contribution in [0.2, 0.25) is 0 Å². The fourth-order valence-corrected chi connectivity index (χ4v) is 6.13. The van der Waals surface area contributed by atoms with Gasteiger partial charge in [0.1, 0.15) is 6.54 Å². The van der Waals surface area contributed by atoms with Crippen LogP contribution in [0.1, 0.15) is 22.3 Å². The summed E-state index contributed by atoms with van der Waals surface area (Å²) in [7, 11) is -4.02. The van der Waals surface area contributed by atoms with Crippen LogP contribution in [0.3, 0.4) is 0 Å². The van der Waals surface area contributed by atoms with Gasteiger partial charge in [-0.05, 0) is 77.7 Å². The van der Waals surface area contributed by atoms with Crippen LogP contribution >= 0.6 is 0 Å². The first-order chi connectivity index (χ1) is 18.7. The predicted molar refractivity (Wildman–Crippen MR) is 159 cm³/mol. The van der Waals surface area contributed by atoms with Crippen molar-refractivity contribution >= 4 is 49.4 Å². The van der Waals surface area contributed by atoms with Gasteiger partial charge in [0.2, 0.25) is 0 Å². The molecular weight excluding hydrogens is 506 g/mol. The molecule has 0 heterocycles. The number of nitrogens with zero attached hydrogens (tertiary/aromatic N) is 2. The molecule has 0 aliphatic heterocycles. The van der Waals surface area contributed by atoms with Gasteiger partial charge in [0, 0.05) is 5.56 Å². The summed E-state index contributed by atoms with van der Waals surface area (Å²) in [6.45, 7) is 5.18. The molecular formula is C32H29N3O3S. The van der Waals surface area contributed by atoms with E-state index in [1.165, 1.54) is 0 Å². The molecule has 5 aromatic rings. The summed E-state index contributed by atoms with van der Waals surface area (Å²) >= 11 is 0. The van der Waals surface area contributed by atoms with Gasteiger partial charge in [-0.3, -0.25) is 9.10 Å². The molecule has 7 heteroatoms. The van der Waals surface area contributed by atoms with Crippen molar-refractivity contribution in [3.63, 3.8) is 0 Å². The standard InChI is InChI=1S/C32H29N3O3S/c1-22-13-16-27(17-14-22)39(37,38)35(31-18-23(2)12-15-24(31)3)21-32(36)34-33-20-30-28-10-6-4-8-25(28)19-26-9-5-7-11-29(26)30/h4-20H,21H2,1-3H3,(H,34,36). The van der Waals surface area contributed by atoms with E-state index in [4.69, 9.17) is 0 Å². The number of hydrogen-bond donors (Lipinski definition) is 1. The van der Waals surface area contributed by atoms with Crippen LogP contribution in [0.5, 0.6) is 0 Å². The molecule has 0 spiro atoms. The zero-order valence-electron chi connectivity index (χ0n) is 22.0. The lowest BCUT2D eigenvalue weighted by Gasteiger charge is -2.25. The number of benzene rings is 5. The van der Waals surface area contributed by atoms with Gasteiger partial charge in [-0.2, -0.15) is 5.10 Å². The largest absolute Gasteiger partial charge is 0.271 e. The Balaban J connectivity index is 1.47. The highest BCUT2D eigenvalue weighted by Gasteiger charge is 2.28. The Kier molecular flexibility index (Phi) is 7.17. The van der Waals surface area contributed by atoms with Crippen molar-refractivity contribution in [3.05, 3.63) is 119 Å². The molecule has 5 aromatic carbocycles. The summed E-state index contributed by atoms with van der Waals surface area (Å²) < 4.78 is 28.6. The third-order valence-corrected chi connectivity index (χ3v) is 8.50. The molecule has 0 aromatic heterocycles. The quantitative estimate of drug-likeness (QED) is 0.152. The number of anilines is 1. The molecule has 0 fully saturated rings. The lowest BCUT2D eigenvalue weighted by molar-refractivity contribution is -0.119. The van der Waals surface area contributed by atoms with Gasteiger partial charge >= 0.3 is 0 Å². The average Bonchev–Trinajstić information content (AvgIpc) is 2.93. The topological polar surface area (TPSA) is 78.8 Å². The fraction of sp³-hybridized carbons (Fsp3) is 0.125. The lowest BCUT2D eigenvalue weighted by atomic mass is 9.97. The normalized spacial score (nSPS) is 11.8. The number of aryl methyl sites for hydroxylation is 3. The number of hydrogen-bond acceptors (Lipinski definition) is 4. The highest BCUT2D eigenvalue weighted by Crippen LogP contribution is 2.29. The van der Waals surface area contributed by atoms with E-state index >= 15 is 0 Å². The van der Waals surface area contributed by atoms with E-state index in [2.05, 4.69) is 16.6 Å². The Morgan fingerprint density at radius 3 is 2.03 bits per heavy atom. The third kappa shape index (κ3) is 5.40. The van der Waals surface area contributed by atoms with Crippen LogP contribution in [0.4, 0.5) is 5.69 Å². The van der Waals surface area contributed by atoms with Crippen LogP contribution in [-0.2, 0) is 14.8 Å². The monoisotopic (exact) mass is 535 g/mol. The summed E-state index contributed by atoms with van der Waals surface area (Å²) in [5.41, 5.74) is 6.46. The van der Waals surface area contributed by atoms with Gasteiger partial charge in [0.25, 0.3) is 15.9 Å². The number of nitrogens with one attached hydrogen (secondary N) is 1. The molecule has 0 bridgehead atoms. The van der Waals surface area contributed by atoms with Crippen molar-refractivity contribution in [2.75, 3.05) is 10.8 Å². The Morgan fingerprint density at radius 1 is 0.795 bits per heavy atom. The number of sulfonamides is 1. The van der Waals surface area contributed by atoms with E-state index in [0.29, 0.717) is 5.69 Å². The number of rotatable bonds is 7. The summed E-state index contributed by atoms with van der Waals surface area (Å²) in [6, 6.07) is 30.3. The van der Waals surface area contributed by atoms with Crippen molar-refractivity contribution in [2.45, 2.75) is 25.7 Å². The van der Waals surface area contributed by atoms with E-state index in [1.807, 2.05) is 81.4 Å². The maximum absolute atomic E-state index is 13.7. The van der Waals surface area contributed by atoms with Crippen molar-refractivity contribution in [1.82, 2.24) is 5.43 Å². The fourth-order valence-electron chi connectivity index (χ4n) is 4.65. The van der Waals surface area contributed by atoms with Crippen LogP contribution in [0.25, 0.3) is 21.5 Å². The molecule has 1 amide bonds. The minimum Gasteiger partial charge on any atom is -0.271 e. The molecule has 6 nitrogen and oxygen atoms in total. The second-order valence-corrected chi connectivity index (χ2v) is 11.5. The maximum atomic E-state index is 13.7. The molecule has 0 aliphatic rings. The van der Waals surface area contributed by atoms with Gasteiger partial charge in [-0.25, -0.2) is 13.8 Å². The maximum Gasteiger partial charge on any atom is 0.264 e. The van der Waals surface area contributed by atoms with Gasteiger partial charge in [0.05, 0.1) is 16.8 Å². The summed E-state index contributed by atoms with van der Waals surface area (Å²) in [5, 5.41) is 8.39. The average molecular weight is 536 g/mol. The van der Waals surface area contributed by atoms with Crippen LogP contribution in [-0.4, -0.2) is 27.1 Å². The minimum absolute atomic E-state index is 0.118. The third-order valence-electron chi connectivity index (χ3n) is 6.73. The predicted octanol–water partition coefficient (Wildman–Crippen LogP) is 6.26. The summed E-state index contributed by atoms with van der Waals surface area (Å²) in [5.74, 6) is -0.549. The summed E-state index contributed by atoms with van der Waals surface area (Å²) in [4.78, 5) is 13.3. The smallest absolute Gasteiger partial charge is 0.264 e. The van der Waals surface area contributed by atoms with E-state index in [0.717, 1.165) is 48.1 Å². The molecule has 196 valence electrons. The van der Waals surface area contributed by atoms with E-state index < -0.39 is 22.5 Å². The Morgan fingerprint density at radius 2 is 1.38 bits per heavy atom. The van der Waals surface area contributed by atoms with E-state index in [-0.39, 0.29) is 4.90 Å². The number of carbonyl (C=O) groups excluding carboxylic acids is 1. The highest BCUT2D eigenvalue weighted by molar-refractivity contribution is 7.92. The molecule has 0 saturated carbocycles. The van der Waals surface area contributed by atoms with Crippen molar-refractivity contribution in [1.29, 1.82) is 0 Å². The van der Waals surface area contributed by atoms with E-state index in [1.54, 1.807) is 36.5 Å². The van der Waals surface area contributed by atoms with Crippen LogP contribution in [0, 0.1) is 20.8 Å². The Labute approximate surface area is 228 Å². The van der Waals surface area contributed by atoms with Crippen molar-refractivity contribution < 1.29 is 13.2 Å². The Bertz CT molecular complexity index is 1770. The van der Waals surface area contributed by atoms with Gasteiger partial charge in [-0.1, -0.05) is 78.4 Å². The second-order valence-electron chi connectivity index (χ2n) is 9.64. The first-order valence-electron chi connectivity index (χ1n) is 12.6. The molecule has 5 rings (SSSR count). The number of hydrazone groups is 1. The van der Waals surface area contributed by atoms with Crippen molar-refractivity contribution in [3.8, 4) is 0 Å².